The van der Waals surface area contributed by atoms with Crippen LogP contribution in [0.1, 0.15) is 38.3 Å². The Labute approximate surface area is 170 Å². The summed E-state index contributed by atoms with van der Waals surface area (Å²) in [5.41, 5.74) is 1.33. The number of benzene rings is 1. The van der Waals surface area contributed by atoms with Gasteiger partial charge in [0.15, 0.2) is 5.96 Å². The van der Waals surface area contributed by atoms with E-state index < -0.39 is 0 Å². The Morgan fingerprint density at radius 3 is 2.68 bits per heavy atom. The van der Waals surface area contributed by atoms with Gasteiger partial charge in [-0.3, -0.25) is 9.89 Å². The van der Waals surface area contributed by atoms with Crippen molar-refractivity contribution in [2.24, 2.45) is 10.9 Å². The van der Waals surface area contributed by atoms with E-state index in [1.54, 1.807) is 0 Å². The van der Waals surface area contributed by atoms with Crippen LogP contribution in [0, 0.1) is 5.92 Å². The number of hydrogen-bond acceptors (Lipinski definition) is 4. The third kappa shape index (κ3) is 7.78. The minimum absolute atomic E-state index is 0.326. The molecule has 0 amide bonds. The molecule has 2 unspecified atom stereocenters. The molecule has 0 bridgehead atoms. The maximum Gasteiger partial charge on any atom is 0.191 e. The third-order valence-electron chi connectivity index (χ3n) is 5.26. The molecule has 0 radical (unpaired) electrons. The van der Waals surface area contributed by atoms with Crippen LogP contribution in [0.2, 0.25) is 0 Å². The second kappa shape index (κ2) is 13.5. The zero-order chi connectivity index (χ0) is 20.0. The van der Waals surface area contributed by atoms with Crippen LogP contribution >= 0.6 is 0 Å². The smallest absolute Gasteiger partial charge is 0.191 e. The molecule has 2 rings (SSSR count). The van der Waals surface area contributed by atoms with Gasteiger partial charge in [0.05, 0.1) is 19.3 Å². The summed E-state index contributed by atoms with van der Waals surface area (Å²) < 4.78 is 11.1. The van der Waals surface area contributed by atoms with E-state index in [0.29, 0.717) is 12.0 Å². The lowest BCUT2D eigenvalue weighted by atomic mass is 10.1. The van der Waals surface area contributed by atoms with Crippen molar-refractivity contribution in [3.63, 3.8) is 0 Å². The van der Waals surface area contributed by atoms with Crippen molar-refractivity contribution < 1.29 is 9.47 Å². The first-order valence-corrected chi connectivity index (χ1v) is 10.7. The van der Waals surface area contributed by atoms with Crippen molar-refractivity contribution in [1.29, 1.82) is 0 Å². The number of aliphatic imine (C=N–C) groups is 1. The van der Waals surface area contributed by atoms with Gasteiger partial charge >= 0.3 is 0 Å². The minimum Gasteiger partial charge on any atom is -0.381 e. The van der Waals surface area contributed by atoms with Crippen molar-refractivity contribution in [3.05, 3.63) is 35.9 Å². The molecule has 1 saturated heterocycles. The summed E-state index contributed by atoms with van der Waals surface area (Å²) in [4.78, 5) is 6.83. The summed E-state index contributed by atoms with van der Waals surface area (Å²) >= 11 is 0. The van der Waals surface area contributed by atoms with E-state index in [1.807, 2.05) is 7.05 Å². The molecule has 0 aromatic heterocycles. The molecule has 2 atom stereocenters. The first-order valence-electron chi connectivity index (χ1n) is 10.7. The van der Waals surface area contributed by atoms with Crippen LogP contribution in [0.15, 0.2) is 35.3 Å². The summed E-state index contributed by atoms with van der Waals surface area (Å²) in [6, 6.07) is 11.0. The minimum atomic E-state index is 0.326. The van der Waals surface area contributed by atoms with Crippen molar-refractivity contribution in [2.75, 3.05) is 59.7 Å². The fourth-order valence-corrected chi connectivity index (χ4v) is 3.56. The van der Waals surface area contributed by atoms with Crippen LogP contribution < -0.4 is 10.6 Å². The van der Waals surface area contributed by atoms with Gasteiger partial charge in [-0.25, -0.2) is 0 Å². The molecule has 0 aliphatic carbocycles. The molecule has 6 heteroatoms. The first-order chi connectivity index (χ1) is 13.8. The second-order valence-electron chi connectivity index (χ2n) is 7.19. The zero-order valence-corrected chi connectivity index (χ0v) is 17.8. The van der Waals surface area contributed by atoms with Crippen LogP contribution in [-0.2, 0) is 9.47 Å². The third-order valence-corrected chi connectivity index (χ3v) is 5.26. The highest BCUT2D eigenvalue weighted by Gasteiger charge is 2.18. The monoisotopic (exact) mass is 390 g/mol. The van der Waals surface area contributed by atoms with E-state index in [-0.39, 0.29) is 0 Å². The van der Waals surface area contributed by atoms with Crippen LogP contribution in [0.3, 0.4) is 0 Å². The van der Waals surface area contributed by atoms with E-state index in [4.69, 9.17) is 9.47 Å². The van der Waals surface area contributed by atoms with Gasteiger partial charge in [-0.1, -0.05) is 44.2 Å². The average molecular weight is 391 g/mol. The SMILES string of the molecule is CCN(CC)C(CNC(=NC)NCCCOCC1CCOC1)c1ccccc1. The number of ether oxygens (including phenoxy) is 2. The molecule has 1 aromatic rings. The number of hydrogen-bond donors (Lipinski definition) is 2. The molecule has 28 heavy (non-hydrogen) atoms. The Bertz CT molecular complexity index is 543. The van der Waals surface area contributed by atoms with Gasteiger partial charge in [-0.2, -0.15) is 0 Å². The van der Waals surface area contributed by atoms with E-state index in [0.717, 1.165) is 71.4 Å². The molecule has 2 N–H and O–H groups in total. The Balaban J connectivity index is 1.71. The standard InChI is InChI=1S/C22H38N4O2/c1-4-26(5-2)21(20-10-7-6-8-11-20)16-25-22(23-3)24-13-9-14-27-17-19-12-15-28-18-19/h6-8,10-11,19,21H,4-5,9,12-18H2,1-3H3,(H2,23,24,25). The molecular weight excluding hydrogens is 352 g/mol. The largest absolute Gasteiger partial charge is 0.381 e. The predicted molar refractivity (Wildman–Crippen MR) is 116 cm³/mol. The molecule has 1 aromatic carbocycles. The molecule has 1 aliphatic heterocycles. The first kappa shape index (κ1) is 22.7. The van der Waals surface area contributed by atoms with Crippen molar-refractivity contribution in [1.82, 2.24) is 15.5 Å². The van der Waals surface area contributed by atoms with Gasteiger partial charge in [0.25, 0.3) is 0 Å². The molecule has 1 fully saturated rings. The summed E-state index contributed by atoms with van der Waals surface area (Å²) in [6.07, 6.45) is 2.09. The number of guanidine groups is 1. The van der Waals surface area contributed by atoms with Gasteiger partial charge < -0.3 is 20.1 Å². The number of likely N-dealkylation sites (N-methyl/N-ethyl adjacent to an activating group) is 1. The molecule has 1 heterocycles. The maximum absolute atomic E-state index is 5.76. The molecule has 0 saturated carbocycles. The number of nitrogens with one attached hydrogen (secondary N) is 2. The molecule has 158 valence electrons. The fraction of sp³-hybridized carbons (Fsp3) is 0.682. The lowest BCUT2D eigenvalue weighted by Gasteiger charge is -2.30. The van der Waals surface area contributed by atoms with E-state index in [1.165, 1.54) is 5.56 Å². The van der Waals surface area contributed by atoms with Crippen molar-refractivity contribution in [2.45, 2.75) is 32.7 Å². The maximum atomic E-state index is 5.76. The van der Waals surface area contributed by atoms with Gasteiger partial charge in [0, 0.05) is 39.3 Å². The summed E-state index contributed by atoms with van der Waals surface area (Å²) in [7, 11) is 1.82. The highest BCUT2D eigenvalue weighted by atomic mass is 16.5. The summed E-state index contributed by atoms with van der Waals surface area (Å²) in [6.45, 7) is 11.5. The van der Waals surface area contributed by atoms with E-state index in [2.05, 4.69) is 64.7 Å². The molecule has 0 spiro atoms. The normalized spacial score (nSPS) is 18.4. The van der Waals surface area contributed by atoms with Gasteiger partial charge in [0.1, 0.15) is 0 Å². The van der Waals surface area contributed by atoms with Gasteiger partial charge in [0.2, 0.25) is 0 Å². The number of rotatable bonds is 12. The van der Waals surface area contributed by atoms with Crippen molar-refractivity contribution in [3.8, 4) is 0 Å². The lowest BCUT2D eigenvalue weighted by molar-refractivity contribution is 0.0888. The fourth-order valence-electron chi connectivity index (χ4n) is 3.56. The Kier molecular flexibility index (Phi) is 10.9. The average Bonchev–Trinajstić information content (AvgIpc) is 3.26. The lowest BCUT2D eigenvalue weighted by Crippen LogP contribution is -2.43. The molecule has 6 nitrogen and oxygen atoms in total. The summed E-state index contributed by atoms with van der Waals surface area (Å²) in [5, 5.41) is 6.89. The van der Waals surface area contributed by atoms with Gasteiger partial charge in [-0.05, 0) is 31.5 Å². The molecular formula is C22H38N4O2. The quantitative estimate of drug-likeness (QED) is 0.326. The van der Waals surface area contributed by atoms with Crippen molar-refractivity contribution >= 4 is 5.96 Å². The zero-order valence-electron chi connectivity index (χ0n) is 17.8. The predicted octanol–water partition coefficient (Wildman–Crippen LogP) is 2.68. The summed E-state index contributed by atoms with van der Waals surface area (Å²) in [5.74, 6) is 1.43. The highest BCUT2D eigenvalue weighted by Crippen LogP contribution is 2.19. The van der Waals surface area contributed by atoms with Crippen LogP contribution in [0.25, 0.3) is 0 Å². The topological polar surface area (TPSA) is 58.1 Å². The van der Waals surface area contributed by atoms with Gasteiger partial charge in [-0.15, -0.1) is 0 Å². The van der Waals surface area contributed by atoms with Crippen LogP contribution in [0.5, 0.6) is 0 Å². The van der Waals surface area contributed by atoms with Crippen LogP contribution in [0.4, 0.5) is 0 Å². The van der Waals surface area contributed by atoms with Crippen LogP contribution in [-0.4, -0.2) is 70.5 Å². The van der Waals surface area contributed by atoms with E-state index in [9.17, 15) is 0 Å². The Morgan fingerprint density at radius 2 is 2.04 bits per heavy atom. The highest BCUT2D eigenvalue weighted by molar-refractivity contribution is 5.79. The Morgan fingerprint density at radius 1 is 1.25 bits per heavy atom. The number of nitrogens with zero attached hydrogens (tertiary/aromatic N) is 2. The Hall–Kier alpha value is -1.63. The molecule has 1 aliphatic rings. The second-order valence-corrected chi connectivity index (χ2v) is 7.19. The van der Waals surface area contributed by atoms with E-state index >= 15 is 0 Å².